The molecule has 0 unspecified atom stereocenters. The van der Waals surface area contributed by atoms with Gasteiger partial charge in [-0.25, -0.2) is 9.97 Å². The Morgan fingerprint density at radius 2 is 2.00 bits per heavy atom. The van der Waals surface area contributed by atoms with Crippen LogP contribution in [0.25, 0.3) is 20.7 Å². The molecule has 7 heteroatoms. The lowest BCUT2D eigenvalue weighted by Crippen LogP contribution is -2.15. The molecule has 0 saturated heterocycles. The number of hydrogen-bond donors (Lipinski definition) is 2. The monoisotopic (exact) mass is 405 g/mol. The summed E-state index contributed by atoms with van der Waals surface area (Å²) in [5.41, 5.74) is 2.42. The summed E-state index contributed by atoms with van der Waals surface area (Å²) >= 11 is 1.52. The van der Waals surface area contributed by atoms with Gasteiger partial charge < -0.3 is 15.2 Å². The number of aliphatic hydroxyl groups excluding tert-OH is 1. The van der Waals surface area contributed by atoms with Gasteiger partial charge in [0.1, 0.15) is 29.0 Å². The Balaban J connectivity index is 1.74. The smallest absolute Gasteiger partial charge is 0.150 e. The molecule has 1 atom stereocenters. The summed E-state index contributed by atoms with van der Waals surface area (Å²) in [5, 5.41) is 14.1. The first kappa shape index (κ1) is 19.0. The lowest BCUT2D eigenvalue weighted by Gasteiger charge is -2.17. The second kappa shape index (κ2) is 8.38. The number of aliphatic hydroxyl groups is 1. The molecule has 4 rings (SSSR count). The number of rotatable bonds is 7. The Morgan fingerprint density at radius 1 is 1.17 bits per heavy atom. The zero-order valence-electron chi connectivity index (χ0n) is 15.7. The molecule has 2 N–H and O–H groups in total. The number of carbonyl (C=O) groups excluding carboxylic acids is 1. The maximum Gasteiger partial charge on any atom is 0.150 e. The van der Waals surface area contributed by atoms with Gasteiger partial charge in [0.05, 0.1) is 25.1 Å². The molecular formula is C22H19N3O3S. The first-order chi connectivity index (χ1) is 14.2. The van der Waals surface area contributed by atoms with Crippen LogP contribution < -0.4 is 10.1 Å². The Kier molecular flexibility index (Phi) is 5.50. The third kappa shape index (κ3) is 3.83. The number of benzene rings is 2. The van der Waals surface area contributed by atoms with Crippen molar-refractivity contribution in [3.8, 4) is 16.2 Å². The molecule has 0 saturated carbocycles. The molecule has 0 bridgehead atoms. The first-order valence-corrected chi connectivity index (χ1v) is 9.85. The van der Waals surface area contributed by atoms with Gasteiger partial charge in [-0.3, -0.25) is 4.79 Å². The molecule has 2 aromatic carbocycles. The van der Waals surface area contributed by atoms with Crippen molar-refractivity contribution in [3.05, 3.63) is 72.1 Å². The van der Waals surface area contributed by atoms with Gasteiger partial charge in [-0.2, -0.15) is 0 Å². The fourth-order valence-electron chi connectivity index (χ4n) is 3.17. The largest absolute Gasteiger partial charge is 0.496 e. The van der Waals surface area contributed by atoms with Crippen LogP contribution in [0.4, 0.5) is 5.82 Å². The minimum Gasteiger partial charge on any atom is -0.496 e. The number of anilines is 1. The van der Waals surface area contributed by atoms with E-state index in [0.717, 1.165) is 32.5 Å². The van der Waals surface area contributed by atoms with E-state index >= 15 is 0 Å². The molecule has 0 aliphatic rings. The van der Waals surface area contributed by atoms with Gasteiger partial charge in [0, 0.05) is 16.0 Å². The van der Waals surface area contributed by atoms with Crippen molar-refractivity contribution in [1.29, 1.82) is 0 Å². The summed E-state index contributed by atoms with van der Waals surface area (Å²) < 4.78 is 5.47. The quantitative estimate of drug-likeness (QED) is 0.445. The van der Waals surface area contributed by atoms with Crippen LogP contribution in [0.15, 0.2) is 60.9 Å². The lowest BCUT2D eigenvalue weighted by atomic mass is 10.1. The molecule has 0 radical (unpaired) electrons. The maximum atomic E-state index is 11.1. The fourth-order valence-corrected chi connectivity index (χ4v) is 4.20. The molecule has 2 aromatic heterocycles. The minimum absolute atomic E-state index is 0.0620. The third-order valence-electron chi connectivity index (χ3n) is 4.65. The number of nitrogens with zero attached hydrogens (tertiary/aromatic N) is 2. The number of fused-ring (bicyclic) bond motifs is 1. The van der Waals surface area contributed by atoms with Crippen LogP contribution in [0.1, 0.15) is 22.0 Å². The van der Waals surface area contributed by atoms with E-state index in [0.29, 0.717) is 17.1 Å². The van der Waals surface area contributed by atoms with E-state index in [1.165, 1.54) is 17.7 Å². The van der Waals surface area contributed by atoms with Crippen LogP contribution in [-0.4, -0.2) is 35.1 Å². The molecule has 0 amide bonds. The number of aromatic nitrogens is 2. The highest BCUT2D eigenvalue weighted by molar-refractivity contribution is 7.22. The van der Waals surface area contributed by atoms with Crippen LogP contribution >= 0.6 is 11.3 Å². The normalized spacial score (nSPS) is 11.9. The topological polar surface area (TPSA) is 84.3 Å². The van der Waals surface area contributed by atoms with Crippen LogP contribution in [0.3, 0.4) is 0 Å². The lowest BCUT2D eigenvalue weighted by molar-refractivity contribution is 0.112. The number of hydrogen-bond acceptors (Lipinski definition) is 7. The van der Waals surface area contributed by atoms with Crippen LogP contribution in [0.2, 0.25) is 0 Å². The van der Waals surface area contributed by atoms with E-state index in [1.807, 2.05) is 42.5 Å². The van der Waals surface area contributed by atoms with Crippen molar-refractivity contribution in [2.75, 3.05) is 19.0 Å². The maximum absolute atomic E-state index is 11.1. The zero-order valence-corrected chi connectivity index (χ0v) is 16.5. The SMILES string of the molecule is COc1cc(C=O)ccc1-c1cc2c(N[C@H](CO)c3ccccc3)ncnc2s1. The standard InChI is InChI=1S/C22H19N3O3S/c1-28-19-9-14(11-26)7-8-16(19)20-10-17-21(23-13-24-22(17)29-20)25-18(12-27)15-5-3-2-4-6-15/h2-11,13,18,27H,12H2,1H3,(H,23,24,25)/t18-/m1/s1. The highest BCUT2D eigenvalue weighted by Crippen LogP contribution is 2.39. The molecular weight excluding hydrogens is 386 g/mol. The minimum atomic E-state index is -0.279. The molecule has 6 nitrogen and oxygen atoms in total. The van der Waals surface area contributed by atoms with Gasteiger partial charge in [-0.15, -0.1) is 11.3 Å². The molecule has 29 heavy (non-hydrogen) atoms. The predicted molar refractivity (Wildman–Crippen MR) is 115 cm³/mol. The van der Waals surface area contributed by atoms with E-state index in [9.17, 15) is 9.90 Å². The van der Waals surface area contributed by atoms with Crippen molar-refractivity contribution < 1.29 is 14.6 Å². The second-order valence-electron chi connectivity index (χ2n) is 6.42. The number of methoxy groups -OCH3 is 1. The van der Waals surface area contributed by atoms with Gasteiger partial charge in [0.2, 0.25) is 0 Å². The van der Waals surface area contributed by atoms with Crippen LogP contribution in [0, 0.1) is 0 Å². The van der Waals surface area contributed by atoms with Crippen molar-refractivity contribution in [3.63, 3.8) is 0 Å². The Labute approximate surface area is 171 Å². The highest BCUT2D eigenvalue weighted by Gasteiger charge is 2.17. The summed E-state index contributed by atoms with van der Waals surface area (Å²) in [6, 6.07) is 16.8. The third-order valence-corrected chi connectivity index (χ3v) is 5.73. The van der Waals surface area contributed by atoms with Gasteiger partial charge in [-0.05, 0) is 23.8 Å². The Morgan fingerprint density at radius 3 is 2.72 bits per heavy atom. The molecule has 0 aliphatic carbocycles. The van der Waals surface area contributed by atoms with Gasteiger partial charge in [0.25, 0.3) is 0 Å². The van der Waals surface area contributed by atoms with Crippen molar-refractivity contribution in [2.24, 2.45) is 0 Å². The highest BCUT2D eigenvalue weighted by atomic mass is 32.1. The van der Waals surface area contributed by atoms with E-state index in [1.54, 1.807) is 19.2 Å². The molecule has 146 valence electrons. The summed E-state index contributed by atoms with van der Waals surface area (Å²) in [5.74, 6) is 1.28. The summed E-state index contributed by atoms with van der Waals surface area (Å²) in [6.45, 7) is -0.0620. The fraction of sp³-hybridized carbons (Fsp3) is 0.136. The Bertz CT molecular complexity index is 1140. The van der Waals surface area contributed by atoms with Crippen molar-refractivity contribution in [1.82, 2.24) is 9.97 Å². The van der Waals surface area contributed by atoms with E-state index in [-0.39, 0.29) is 12.6 Å². The summed E-state index contributed by atoms with van der Waals surface area (Å²) in [7, 11) is 1.58. The van der Waals surface area contributed by atoms with E-state index < -0.39 is 0 Å². The summed E-state index contributed by atoms with van der Waals surface area (Å²) in [4.78, 5) is 21.6. The Hall–Kier alpha value is -3.29. The molecule has 4 aromatic rings. The van der Waals surface area contributed by atoms with E-state index in [4.69, 9.17) is 4.74 Å². The number of thiophene rings is 1. The zero-order chi connectivity index (χ0) is 20.2. The second-order valence-corrected chi connectivity index (χ2v) is 7.45. The van der Waals surface area contributed by atoms with Gasteiger partial charge in [0.15, 0.2) is 0 Å². The van der Waals surface area contributed by atoms with Crippen LogP contribution in [0.5, 0.6) is 5.75 Å². The molecule has 0 aliphatic heterocycles. The molecule has 0 spiro atoms. The average Bonchev–Trinajstić information content (AvgIpc) is 3.22. The number of ether oxygens (including phenoxy) is 1. The van der Waals surface area contributed by atoms with Crippen molar-refractivity contribution in [2.45, 2.75) is 6.04 Å². The van der Waals surface area contributed by atoms with Crippen molar-refractivity contribution >= 4 is 33.7 Å². The first-order valence-electron chi connectivity index (χ1n) is 9.04. The van der Waals surface area contributed by atoms with Gasteiger partial charge >= 0.3 is 0 Å². The van der Waals surface area contributed by atoms with E-state index in [2.05, 4.69) is 15.3 Å². The molecule has 2 heterocycles. The number of nitrogens with one attached hydrogen (secondary N) is 1. The average molecular weight is 405 g/mol. The van der Waals surface area contributed by atoms with Crippen LogP contribution in [-0.2, 0) is 0 Å². The predicted octanol–water partition coefficient (Wildman–Crippen LogP) is 4.32. The number of carbonyl (C=O) groups is 1. The summed E-state index contributed by atoms with van der Waals surface area (Å²) in [6.07, 6.45) is 2.31. The number of aldehydes is 1. The molecule has 0 fully saturated rings. The van der Waals surface area contributed by atoms with Gasteiger partial charge in [-0.1, -0.05) is 36.4 Å².